The molecular weight excluding hydrogens is 405 g/mol. The summed E-state index contributed by atoms with van der Waals surface area (Å²) in [5, 5.41) is 2.23. The minimum atomic E-state index is -0.321. The molecule has 3 heterocycles. The average molecular weight is 428 g/mol. The van der Waals surface area contributed by atoms with Crippen molar-refractivity contribution in [3.05, 3.63) is 52.4 Å². The number of aromatic nitrogens is 2. The van der Waals surface area contributed by atoms with Crippen LogP contribution in [0.1, 0.15) is 52.9 Å². The van der Waals surface area contributed by atoms with Crippen LogP contribution in [-0.4, -0.2) is 32.7 Å². The fourth-order valence-electron chi connectivity index (χ4n) is 4.31. The summed E-state index contributed by atoms with van der Waals surface area (Å²) in [5.74, 6) is -0.344. The van der Waals surface area contributed by atoms with Crippen LogP contribution in [-0.2, 0) is 12.8 Å². The summed E-state index contributed by atoms with van der Waals surface area (Å²) in [6.45, 7) is 0.726. The van der Waals surface area contributed by atoms with Crippen LogP contribution in [0, 0.1) is 5.82 Å². The van der Waals surface area contributed by atoms with Gasteiger partial charge in [-0.05, 0) is 61.9 Å². The van der Waals surface area contributed by atoms with Gasteiger partial charge in [-0.15, -0.1) is 11.3 Å². The van der Waals surface area contributed by atoms with Gasteiger partial charge in [-0.3, -0.25) is 4.79 Å². The monoisotopic (exact) mass is 427 g/mol. The van der Waals surface area contributed by atoms with Crippen molar-refractivity contribution >= 4 is 39.2 Å². The molecule has 1 aromatic carbocycles. The first kappa shape index (κ1) is 19.0. The molecule has 5 rings (SSSR count). The Morgan fingerprint density at radius 3 is 2.83 bits per heavy atom. The smallest absolute Gasteiger partial charge is 0.254 e. The number of rotatable bonds is 3. The zero-order valence-corrected chi connectivity index (χ0v) is 17.7. The molecular formula is C22H22FN3OS2. The first-order valence-electron chi connectivity index (χ1n) is 10.2. The van der Waals surface area contributed by atoms with E-state index in [-0.39, 0.29) is 17.1 Å². The predicted molar refractivity (Wildman–Crippen MR) is 115 cm³/mol. The maximum absolute atomic E-state index is 13.3. The van der Waals surface area contributed by atoms with Crippen molar-refractivity contribution in [2.45, 2.75) is 55.3 Å². The maximum Gasteiger partial charge on any atom is 0.254 e. The van der Waals surface area contributed by atoms with Crippen LogP contribution < -0.4 is 0 Å². The first-order chi connectivity index (χ1) is 14.2. The Hall–Kier alpha value is -1.99. The second kappa shape index (κ2) is 8.03. The number of hydrogen-bond donors (Lipinski definition) is 0. The number of aryl methyl sites for hydroxylation is 2. The number of halogens is 1. The zero-order valence-electron chi connectivity index (χ0n) is 16.1. The molecule has 1 atom stereocenters. The molecule has 2 aromatic heterocycles. The molecule has 1 fully saturated rings. The summed E-state index contributed by atoms with van der Waals surface area (Å²) in [6.07, 6.45) is 9.25. The second-order valence-corrected chi connectivity index (χ2v) is 9.89. The van der Waals surface area contributed by atoms with E-state index in [0.29, 0.717) is 5.56 Å². The van der Waals surface area contributed by atoms with Gasteiger partial charge in [-0.1, -0.05) is 24.6 Å². The van der Waals surface area contributed by atoms with Crippen LogP contribution in [0.25, 0.3) is 10.2 Å². The van der Waals surface area contributed by atoms with Gasteiger partial charge in [0.25, 0.3) is 5.91 Å². The molecule has 0 bridgehead atoms. The summed E-state index contributed by atoms with van der Waals surface area (Å²) in [6, 6.07) is 5.88. The van der Waals surface area contributed by atoms with Crippen molar-refractivity contribution in [3.63, 3.8) is 0 Å². The van der Waals surface area contributed by atoms with E-state index in [0.717, 1.165) is 54.9 Å². The number of hydrogen-bond acceptors (Lipinski definition) is 5. The molecule has 2 aliphatic rings. The standard InChI is InChI=1S/C22H22FN3OS2/c23-15-10-8-14(9-11-15)22(27)26-12-3-1-2-7-18(26)29-21-19-16-5-4-6-17(16)28-20(19)24-13-25-21/h8-11,13,18H,1-7,12H2/t18-/m1/s1. The van der Waals surface area contributed by atoms with Crippen LogP contribution >= 0.6 is 23.1 Å². The van der Waals surface area contributed by atoms with E-state index in [1.165, 1.54) is 34.4 Å². The number of carbonyl (C=O) groups is 1. The van der Waals surface area contributed by atoms with Gasteiger partial charge in [-0.2, -0.15) is 0 Å². The van der Waals surface area contributed by atoms with Gasteiger partial charge in [0.15, 0.2) is 0 Å². The molecule has 1 saturated heterocycles. The van der Waals surface area contributed by atoms with Gasteiger partial charge in [0.1, 0.15) is 22.0 Å². The average Bonchev–Trinajstić information content (AvgIpc) is 3.23. The van der Waals surface area contributed by atoms with Crippen molar-refractivity contribution in [1.82, 2.24) is 14.9 Å². The lowest BCUT2D eigenvalue weighted by atomic mass is 10.2. The minimum Gasteiger partial charge on any atom is -0.326 e. The van der Waals surface area contributed by atoms with Gasteiger partial charge in [-0.25, -0.2) is 14.4 Å². The highest BCUT2D eigenvalue weighted by Crippen LogP contribution is 2.42. The molecule has 0 spiro atoms. The number of thioether (sulfide) groups is 1. The molecule has 7 heteroatoms. The topological polar surface area (TPSA) is 46.1 Å². The molecule has 1 amide bonds. The minimum absolute atomic E-state index is 0.0229. The van der Waals surface area contributed by atoms with Crippen LogP contribution in [0.2, 0.25) is 0 Å². The largest absolute Gasteiger partial charge is 0.326 e. The highest BCUT2D eigenvalue weighted by molar-refractivity contribution is 8.00. The normalized spacial score (nSPS) is 19.3. The third kappa shape index (κ3) is 3.66. The highest BCUT2D eigenvalue weighted by Gasteiger charge is 2.29. The molecule has 1 aliphatic carbocycles. The van der Waals surface area contributed by atoms with Gasteiger partial charge in [0.05, 0.1) is 5.37 Å². The van der Waals surface area contributed by atoms with E-state index in [2.05, 4.69) is 9.97 Å². The van der Waals surface area contributed by atoms with E-state index >= 15 is 0 Å². The fraction of sp³-hybridized carbons (Fsp3) is 0.409. The number of carbonyl (C=O) groups excluding carboxylic acids is 1. The van der Waals surface area contributed by atoms with Crippen molar-refractivity contribution in [2.24, 2.45) is 0 Å². The van der Waals surface area contributed by atoms with Crippen LogP contribution in [0.3, 0.4) is 0 Å². The van der Waals surface area contributed by atoms with Crippen molar-refractivity contribution in [3.8, 4) is 0 Å². The summed E-state index contributed by atoms with van der Waals surface area (Å²) in [4.78, 5) is 26.8. The van der Waals surface area contributed by atoms with E-state index in [1.807, 2.05) is 4.90 Å². The van der Waals surface area contributed by atoms with Gasteiger partial charge < -0.3 is 4.90 Å². The third-order valence-corrected chi connectivity index (χ3v) is 8.26. The number of thiophene rings is 1. The Labute approximate surface area is 177 Å². The molecule has 0 radical (unpaired) electrons. The van der Waals surface area contributed by atoms with Crippen molar-refractivity contribution in [2.75, 3.05) is 6.54 Å². The van der Waals surface area contributed by atoms with Gasteiger partial charge in [0, 0.05) is 22.4 Å². The first-order valence-corrected chi connectivity index (χ1v) is 11.9. The molecule has 3 aromatic rings. The van der Waals surface area contributed by atoms with E-state index in [9.17, 15) is 9.18 Å². The Balaban J connectivity index is 1.47. The Kier molecular flexibility index (Phi) is 5.26. The number of benzene rings is 1. The lowest BCUT2D eigenvalue weighted by Gasteiger charge is -2.29. The lowest BCUT2D eigenvalue weighted by Crippen LogP contribution is -2.38. The fourth-order valence-corrected chi connectivity index (χ4v) is 6.92. The molecule has 0 unspecified atom stereocenters. The Bertz CT molecular complexity index is 1050. The summed E-state index contributed by atoms with van der Waals surface area (Å²) in [5.41, 5.74) is 1.96. The highest BCUT2D eigenvalue weighted by atomic mass is 32.2. The molecule has 4 nitrogen and oxygen atoms in total. The van der Waals surface area contributed by atoms with E-state index in [1.54, 1.807) is 41.6 Å². The van der Waals surface area contributed by atoms with Gasteiger partial charge in [0.2, 0.25) is 0 Å². The molecule has 150 valence electrons. The van der Waals surface area contributed by atoms with Crippen molar-refractivity contribution < 1.29 is 9.18 Å². The maximum atomic E-state index is 13.3. The van der Waals surface area contributed by atoms with E-state index < -0.39 is 0 Å². The van der Waals surface area contributed by atoms with Gasteiger partial charge >= 0.3 is 0 Å². The molecule has 0 saturated carbocycles. The molecule has 29 heavy (non-hydrogen) atoms. The van der Waals surface area contributed by atoms with Crippen LogP contribution in [0.15, 0.2) is 35.6 Å². The SMILES string of the molecule is O=C(c1ccc(F)cc1)N1CCCCC[C@H]1Sc1ncnc2sc3c(c12)CCC3. The van der Waals surface area contributed by atoms with Crippen LogP contribution in [0.5, 0.6) is 0 Å². The molecule has 1 aliphatic heterocycles. The van der Waals surface area contributed by atoms with Crippen LogP contribution in [0.4, 0.5) is 4.39 Å². The number of fused-ring (bicyclic) bond motifs is 3. The predicted octanol–water partition coefficient (Wildman–Crippen LogP) is 5.45. The number of likely N-dealkylation sites (tertiary alicyclic amines) is 1. The number of nitrogens with zero attached hydrogens (tertiary/aromatic N) is 3. The Morgan fingerprint density at radius 2 is 1.97 bits per heavy atom. The number of amides is 1. The second-order valence-electron chi connectivity index (χ2n) is 7.64. The third-order valence-electron chi connectivity index (χ3n) is 5.76. The summed E-state index contributed by atoms with van der Waals surface area (Å²) >= 11 is 3.49. The summed E-state index contributed by atoms with van der Waals surface area (Å²) < 4.78 is 13.3. The zero-order chi connectivity index (χ0) is 19.8. The Morgan fingerprint density at radius 1 is 1.10 bits per heavy atom. The van der Waals surface area contributed by atoms with Crippen molar-refractivity contribution in [1.29, 1.82) is 0 Å². The summed E-state index contributed by atoms with van der Waals surface area (Å²) in [7, 11) is 0. The lowest BCUT2D eigenvalue weighted by molar-refractivity contribution is 0.0742. The molecule has 0 N–H and O–H groups in total. The van der Waals surface area contributed by atoms with E-state index in [4.69, 9.17) is 0 Å². The quantitative estimate of drug-likeness (QED) is 0.521.